The molecular weight excluding hydrogens is 212 g/mol. The number of aromatic nitrogens is 2. The van der Waals surface area contributed by atoms with Crippen molar-refractivity contribution < 1.29 is 9.84 Å². The maximum atomic E-state index is 11.5. The topological polar surface area (TPSA) is 84.3 Å². The summed E-state index contributed by atoms with van der Waals surface area (Å²) in [6, 6.07) is 1.20. The highest BCUT2D eigenvalue weighted by Crippen LogP contribution is 2.34. The third-order valence-electron chi connectivity index (χ3n) is 2.71. The van der Waals surface area contributed by atoms with E-state index in [0.29, 0.717) is 5.76 Å². The van der Waals surface area contributed by atoms with Crippen LogP contribution in [-0.2, 0) is 4.74 Å². The van der Waals surface area contributed by atoms with E-state index in [1.54, 1.807) is 6.92 Å². The van der Waals surface area contributed by atoms with Crippen molar-refractivity contribution in [2.75, 3.05) is 0 Å². The Hall–Kier alpha value is -1.82. The molecule has 2 N–H and O–H groups in total. The summed E-state index contributed by atoms with van der Waals surface area (Å²) < 4.78 is 6.43. The number of nitrogens with one attached hydrogen (secondary N) is 1. The second kappa shape index (κ2) is 3.64. The molecule has 1 saturated heterocycles. The van der Waals surface area contributed by atoms with E-state index in [1.165, 1.54) is 12.3 Å². The van der Waals surface area contributed by atoms with Crippen molar-refractivity contribution in [2.45, 2.75) is 19.3 Å². The van der Waals surface area contributed by atoms with Crippen LogP contribution in [0.3, 0.4) is 0 Å². The number of rotatable bonds is 1. The maximum Gasteiger partial charge on any atom is 0.331 e. The Morgan fingerprint density at radius 3 is 2.75 bits per heavy atom. The maximum absolute atomic E-state index is 11.5. The summed E-state index contributed by atoms with van der Waals surface area (Å²) in [6.45, 7) is 5.39. The number of aliphatic hydroxyl groups excluding tert-OH is 1. The Bertz CT molecular complexity index is 530. The van der Waals surface area contributed by atoms with E-state index in [9.17, 15) is 14.7 Å². The molecule has 6 heteroatoms. The van der Waals surface area contributed by atoms with Gasteiger partial charge in [-0.2, -0.15) is 0 Å². The summed E-state index contributed by atoms with van der Waals surface area (Å²) in [4.78, 5) is 24.4. The lowest BCUT2D eigenvalue weighted by atomic mass is 10.1. The largest absolute Gasteiger partial charge is 0.472 e. The predicted molar refractivity (Wildman–Crippen MR) is 55.8 cm³/mol. The van der Waals surface area contributed by atoms with Gasteiger partial charge in [-0.3, -0.25) is 14.3 Å². The molecule has 0 unspecified atom stereocenters. The lowest BCUT2D eigenvalue weighted by molar-refractivity contribution is -0.000417. The minimum atomic E-state index is -0.851. The van der Waals surface area contributed by atoms with Gasteiger partial charge < -0.3 is 9.84 Å². The van der Waals surface area contributed by atoms with Crippen molar-refractivity contribution in [2.24, 2.45) is 5.92 Å². The van der Waals surface area contributed by atoms with Crippen molar-refractivity contribution >= 4 is 0 Å². The molecule has 1 aliphatic rings. The number of hydrogen-bond donors (Lipinski definition) is 2. The minimum Gasteiger partial charge on any atom is -0.472 e. The molecule has 86 valence electrons. The van der Waals surface area contributed by atoms with E-state index < -0.39 is 23.6 Å². The van der Waals surface area contributed by atoms with Crippen LogP contribution in [0.1, 0.15) is 13.2 Å². The Kier molecular flexibility index (Phi) is 2.43. The molecule has 3 atom stereocenters. The van der Waals surface area contributed by atoms with Gasteiger partial charge in [-0.15, -0.1) is 0 Å². The molecular formula is C10H12N2O4. The molecule has 2 heterocycles. The highest BCUT2D eigenvalue weighted by molar-refractivity contribution is 5.02. The summed E-state index contributed by atoms with van der Waals surface area (Å²) >= 11 is 0. The normalized spacial score (nSPS) is 29.1. The van der Waals surface area contributed by atoms with Gasteiger partial charge in [0.15, 0.2) is 0 Å². The Balaban J connectivity index is 2.43. The highest BCUT2D eigenvalue weighted by atomic mass is 16.5. The van der Waals surface area contributed by atoms with Crippen LogP contribution in [0.15, 0.2) is 34.2 Å². The van der Waals surface area contributed by atoms with Crippen LogP contribution in [0.5, 0.6) is 0 Å². The molecule has 0 bridgehead atoms. The van der Waals surface area contributed by atoms with Crippen LogP contribution in [-0.4, -0.2) is 20.8 Å². The zero-order valence-corrected chi connectivity index (χ0v) is 8.71. The fraction of sp³-hybridized carbons (Fsp3) is 0.400. The van der Waals surface area contributed by atoms with Crippen LogP contribution in [0, 0.1) is 5.92 Å². The van der Waals surface area contributed by atoms with Crippen molar-refractivity contribution in [1.29, 1.82) is 0 Å². The van der Waals surface area contributed by atoms with Crippen molar-refractivity contribution in [3.8, 4) is 0 Å². The van der Waals surface area contributed by atoms with E-state index >= 15 is 0 Å². The summed E-state index contributed by atoms with van der Waals surface area (Å²) in [5, 5.41) is 9.84. The van der Waals surface area contributed by atoms with E-state index in [-0.39, 0.29) is 5.92 Å². The average molecular weight is 224 g/mol. The molecule has 1 aromatic heterocycles. The number of H-pyrrole nitrogens is 1. The molecule has 1 aromatic rings. The monoisotopic (exact) mass is 224 g/mol. The standard InChI is InChI=1S/C10H12N2O4/c1-5-6(2)16-9(8(5)14)12-4-3-7(13)11-10(12)15/h3-5,8-9,14H,2H2,1H3,(H,11,13,15)/t5-,8-,9+/m0/s1. The second-order valence-electron chi connectivity index (χ2n) is 3.77. The molecule has 6 nitrogen and oxygen atoms in total. The fourth-order valence-electron chi connectivity index (χ4n) is 1.62. The van der Waals surface area contributed by atoms with Crippen molar-refractivity contribution in [3.63, 3.8) is 0 Å². The first kappa shape index (κ1) is 10.7. The first-order valence-electron chi connectivity index (χ1n) is 4.85. The SMILES string of the molecule is C=C1O[C@@H](n2ccc(=O)[nH]c2=O)[C@@H](O)[C@H]1C. The van der Waals surface area contributed by atoms with Crippen LogP contribution in [0.2, 0.25) is 0 Å². The second-order valence-corrected chi connectivity index (χ2v) is 3.77. The Morgan fingerprint density at radius 1 is 1.56 bits per heavy atom. The van der Waals surface area contributed by atoms with Crippen LogP contribution in [0.25, 0.3) is 0 Å². The van der Waals surface area contributed by atoms with E-state index in [0.717, 1.165) is 4.57 Å². The third kappa shape index (κ3) is 1.57. The smallest absolute Gasteiger partial charge is 0.331 e. The quantitative estimate of drug-likeness (QED) is 0.678. The Morgan fingerprint density at radius 2 is 2.25 bits per heavy atom. The van der Waals surface area contributed by atoms with E-state index in [1.807, 2.05) is 0 Å². The molecule has 16 heavy (non-hydrogen) atoms. The molecule has 0 amide bonds. The summed E-state index contributed by atoms with van der Waals surface area (Å²) in [6.07, 6.45) is -0.386. The van der Waals surface area contributed by atoms with Crippen LogP contribution >= 0.6 is 0 Å². The lowest BCUT2D eigenvalue weighted by Gasteiger charge is -2.16. The lowest BCUT2D eigenvalue weighted by Crippen LogP contribution is -2.35. The van der Waals surface area contributed by atoms with Crippen molar-refractivity contribution in [1.82, 2.24) is 9.55 Å². The highest BCUT2D eigenvalue weighted by Gasteiger charge is 2.38. The Labute approximate surface area is 90.8 Å². The van der Waals surface area contributed by atoms with Gasteiger partial charge in [0, 0.05) is 18.2 Å². The first-order valence-corrected chi connectivity index (χ1v) is 4.85. The zero-order chi connectivity index (χ0) is 11.9. The van der Waals surface area contributed by atoms with Gasteiger partial charge in [-0.05, 0) is 0 Å². The van der Waals surface area contributed by atoms with Gasteiger partial charge in [0.05, 0.1) is 5.76 Å². The molecule has 1 aliphatic heterocycles. The van der Waals surface area contributed by atoms with E-state index in [2.05, 4.69) is 11.6 Å². The summed E-state index contributed by atoms with van der Waals surface area (Å²) in [7, 11) is 0. The molecule has 0 spiro atoms. The number of nitrogens with zero attached hydrogens (tertiary/aromatic N) is 1. The van der Waals surface area contributed by atoms with Crippen LogP contribution < -0.4 is 11.2 Å². The number of ether oxygens (including phenoxy) is 1. The van der Waals surface area contributed by atoms with Gasteiger partial charge in [0.2, 0.25) is 6.23 Å². The van der Waals surface area contributed by atoms with Gasteiger partial charge in [-0.25, -0.2) is 4.79 Å². The van der Waals surface area contributed by atoms with Gasteiger partial charge in [-0.1, -0.05) is 13.5 Å². The van der Waals surface area contributed by atoms with E-state index in [4.69, 9.17) is 4.74 Å². The van der Waals surface area contributed by atoms with Gasteiger partial charge >= 0.3 is 5.69 Å². The van der Waals surface area contributed by atoms with Crippen molar-refractivity contribution in [3.05, 3.63) is 45.4 Å². The third-order valence-corrected chi connectivity index (χ3v) is 2.71. The van der Waals surface area contributed by atoms with Gasteiger partial charge in [0.25, 0.3) is 5.56 Å². The average Bonchev–Trinajstić information content (AvgIpc) is 2.46. The molecule has 0 aromatic carbocycles. The molecule has 1 fully saturated rings. The molecule has 0 saturated carbocycles. The zero-order valence-electron chi connectivity index (χ0n) is 8.71. The number of aliphatic hydroxyl groups is 1. The molecule has 2 rings (SSSR count). The molecule has 0 aliphatic carbocycles. The first-order chi connectivity index (χ1) is 7.50. The number of aromatic amines is 1. The minimum absolute atomic E-state index is 0.246. The van der Waals surface area contributed by atoms with Crippen LogP contribution in [0.4, 0.5) is 0 Å². The fourth-order valence-corrected chi connectivity index (χ4v) is 1.62. The molecule has 0 radical (unpaired) electrons. The van der Waals surface area contributed by atoms with Gasteiger partial charge in [0.1, 0.15) is 6.10 Å². The predicted octanol–water partition coefficient (Wildman–Crippen LogP) is -0.424. The summed E-state index contributed by atoms with van der Waals surface area (Å²) in [5.74, 6) is 0.180. The number of hydrogen-bond acceptors (Lipinski definition) is 4. The summed E-state index contributed by atoms with van der Waals surface area (Å²) in [5.41, 5.74) is -1.10.